The Hall–Kier alpha value is -1.26. The summed E-state index contributed by atoms with van der Waals surface area (Å²) in [7, 11) is 1.60. The maximum Gasteiger partial charge on any atom is 0.221 e. The van der Waals surface area contributed by atoms with Crippen LogP contribution in [0.1, 0.15) is 25.3 Å². The third-order valence-corrected chi connectivity index (χ3v) is 4.04. The lowest BCUT2D eigenvalue weighted by Gasteiger charge is -2.24. The molecule has 110 valence electrons. The Balaban J connectivity index is 2.30. The van der Waals surface area contributed by atoms with Crippen molar-refractivity contribution in [1.82, 2.24) is 5.32 Å². The summed E-state index contributed by atoms with van der Waals surface area (Å²) in [5.41, 5.74) is 1.69. The first-order valence-corrected chi connectivity index (χ1v) is 7.33. The molecule has 2 N–H and O–H groups in total. The number of ether oxygens (including phenoxy) is 1. The molecular weight excluding hydrogens is 276 g/mol. The van der Waals surface area contributed by atoms with Gasteiger partial charge in [-0.15, -0.1) is 0 Å². The third kappa shape index (κ3) is 3.64. The van der Waals surface area contributed by atoms with Crippen LogP contribution in [0.15, 0.2) is 12.1 Å². The van der Waals surface area contributed by atoms with E-state index < -0.39 is 0 Å². The van der Waals surface area contributed by atoms with Crippen LogP contribution in [0.3, 0.4) is 0 Å². The molecule has 0 radical (unpaired) electrons. The SMILES string of the molecule is COc1ccc(Cl)c(CC2CCNCC2)c1NC(C)=O. The molecule has 0 saturated carbocycles. The van der Waals surface area contributed by atoms with E-state index >= 15 is 0 Å². The topological polar surface area (TPSA) is 50.4 Å². The zero-order valence-electron chi connectivity index (χ0n) is 12.0. The van der Waals surface area contributed by atoms with Crippen LogP contribution in [0, 0.1) is 5.92 Å². The van der Waals surface area contributed by atoms with Crippen LogP contribution in [0.5, 0.6) is 5.75 Å². The van der Waals surface area contributed by atoms with Gasteiger partial charge < -0.3 is 15.4 Å². The van der Waals surface area contributed by atoms with Crippen LogP contribution in [0.2, 0.25) is 5.02 Å². The Kier molecular flexibility index (Phi) is 5.26. The van der Waals surface area contributed by atoms with Gasteiger partial charge in [-0.3, -0.25) is 4.79 Å². The summed E-state index contributed by atoms with van der Waals surface area (Å²) >= 11 is 6.34. The molecule has 0 bridgehead atoms. The predicted molar refractivity (Wildman–Crippen MR) is 81.6 cm³/mol. The van der Waals surface area contributed by atoms with Gasteiger partial charge >= 0.3 is 0 Å². The molecule has 1 saturated heterocycles. The number of nitrogens with one attached hydrogen (secondary N) is 2. The third-order valence-electron chi connectivity index (χ3n) is 3.69. The van der Waals surface area contributed by atoms with E-state index in [9.17, 15) is 4.79 Å². The van der Waals surface area contributed by atoms with Crippen molar-refractivity contribution in [3.05, 3.63) is 22.7 Å². The smallest absolute Gasteiger partial charge is 0.221 e. The largest absolute Gasteiger partial charge is 0.495 e. The molecular formula is C15H21ClN2O2. The first kappa shape index (κ1) is 15.1. The Morgan fingerprint density at radius 1 is 1.45 bits per heavy atom. The first-order valence-electron chi connectivity index (χ1n) is 6.95. The number of benzene rings is 1. The van der Waals surface area contributed by atoms with Crippen molar-refractivity contribution in [2.75, 3.05) is 25.5 Å². The molecule has 1 aliphatic heterocycles. The number of anilines is 1. The minimum absolute atomic E-state index is 0.114. The second-order valence-electron chi connectivity index (χ2n) is 5.18. The van der Waals surface area contributed by atoms with E-state index in [4.69, 9.17) is 16.3 Å². The Morgan fingerprint density at radius 2 is 2.15 bits per heavy atom. The quantitative estimate of drug-likeness (QED) is 0.898. The van der Waals surface area contributed by atoms with Crippen molar-refractivity contribution in [3.63, 3.8) is 0 Å². The van der Waals surface area contributed by atoms with Gasteiger partial charge in [0.1, 0.15) is 5.75 Å². The van der Waals surface area contributed by atoms with E-state index in [0.717, 1.165) is 37.9 Å². The summed E-state index contributed by atoms with van der Waals surface area (Å²) in [6, 6.07) is 3.63. The second-order valence-corrected chi connectivity index (χ2v) is 5.59. The Labute approximate surface area is 124 Å². The van der Waals surface area contributed by atoms with E-state index in [1.165, 1.54) is 6.92 Å². The van der Waals surface area contributed by atoms with E-state index in [0.29, 0.717) is 22.4 Å². The second kappa shape index (κ2) is 6.95. The minimum Gasteiger partial charge on any atom is -0.495 e. The van der Waals surface area contributed by atoms with E-state index in [-0.39, 0.29) is 5.91 Å². The summed E-state index contributed by atoms with van der Waals surface area (Å²) in [5.74, 6) is 1.14. The normalized spacial score (nSPS) is 15.9. The molecule has 1 aromatic rings. The lowest BCUT2D eigenvalue weighted by molar-refractivity contribution is -0.114. The van der Waals surface area contributed by atoms with Crippen LogP contribution in [0.4, 0.5) is 5.69 Å². The number of hydrogen-bond donors (Lipinski definition) is 2. The molecule has 0 aromatic heterocycles. The van der Waals surface area contributed by atoms with Gasteiger partial charge in [-0.25, -0.2) is 0 Å². The average Bonchev–Trinajstić information content (AvgIpc) is 2.44. The highest BCUT2D eigenvalue weighted by molar-refractivity contribution is 6.32. The lowest BCUT2D eigenvalue weighted by Crippen LogP contribution is -2.29. The van der Waals surface area contributed by atoms with Crippen LogP contribution in [-0.2, 0) is 11.2 Å². The summed E-state index contributed by atoms with van der Waals surface area (Å²) in [4.78, 5) is 11.4. The number of rotatable bonds is 4. The van der Waals surface area contributed by atoms with Crippen LogP contribution >= 0.6 is 11.6 Å². The van der Waals surface area contributed by atoms with Crippen LogP contribution in [-0.4, -0.2) is 26.1 Å². The molecule has 1 amide bonds. The van der Waals surface area contributed by atoms with Gasteiger partial charge in [0.05, 0.1) is 12.8 Å². The molecule has 5 heteroatoms. The molecule has 0 spiro atoms. The maximum atomic E-state index is 11.4. The number of amides is 1. The van der Waals surface area contributed by atoms with Crippen molar-refractivity contribution in [2.45, 2.75) is 26.2 Å². The molecule has 1 aromatic carbocycles. The zero-order chi connectivity index (χ0) is 14.5. The summed E-state index contributed by atoms with van der Waals surface area (Å²) in [6.07, 6.45) is 3.13. The first-order chi connectivity index (χ1) is 9.61. The van der Waals surface area contributed by atoms with E-state index in [1.807, 2.05) is 6.07 Å². The monoisotopic (exact) mass is 296 g/mol. The van der Waals surface area contributed by atoms with Gasteiger partial charge in [-0.1, -0.05) is 11.6 Å². The van der Waals surface area contributed by atoms with Crippen molar-refractivity contribution >= 4 is 23.2 Å². The fraction of sp³-hybridized carbons (Fsp3) is 0.533. The number of halogens is 1. The number of methoxy groups -OCH3 is 1. The number of carbonyl (C=O) groups is 1. The van der Waals surface area contributed by atoms with E-state index in [2.05, 4.69) is 10.6 Å². The molecule has 0 unspecified atom stereocenters. The predicted octanol–water partition coefficient (Wildman–Crippen LogP) is 2.85. The van der Waals surface area contributed by atoms with Gasteiger partial charge in [0.2, 0.25) is 5.91 Å². The van der Waals surface area contributed by atoms with Gasteiger partial charge in [0, 0.05) is 11.9 Å². The minimum atomic E-state index is -0.114. The highest BCUT2D eigenvalue weighted by Crippen LogP contribution is 2.36. The maximum absolute atomic E-state index is 11.4. The number of carbonyl (C=O) groups excluding carboxylic acids is 1. The molecule has 1 fully saturated rings. The molecule has 4 nitrogen and oxygen atoms in total. The lowest BCUT2D eigenvalue weighted by atomic mass is 9.90. The highest BCUT2D eigenvalue weighted by Gasteiger charge is 2.20. The summed E-state index contributed by atoms with van der Waals surface area (Å²) in [6.45, 7) is 3.58. The van der Waals surface area contributed by atoms with Crippen molar-refractivity contribution in [2.24, 2.45) is 5.92 Å². The molecule has 0 aliphatic carbocycles. The molecule has 1 aliphatic rings. The number of hydrogen-bond acceptors (Lipinski definition) is 3. The standard InChI is InChI=1S/C15H21ClN2O2/c1-10(19)18-15-12(9-11-5-7-17-8-6-11)13(16)3-4-14(15)20-2/h3-4,11,17H,5-9H2,1-2H3,(H,18,19). The molecule has 2 rings (SSSR count). The summed E-state index contributed by atoms with van der Waals surface area (Å²) < 4.78 is 5.35. The highest BCUT2D eigenvalue weighted by atomic mass is 35.5. The number of piperidine rings is 1. The zero-order valence-corrected chi connectivity index (χ0v) is 12.7. The van der Waals surface area contributed by atoms with Crippen LogP contribution < -0.4 is 15.4 Å². The van der Waals surface area contributed by atoms with E-state index in [1.54, 1.807) is 13.2 Å². The molecule has 1 heterocycles. The Morgan fingerprint density at radius 3 is 2.75 bits per heavy atom. The van der Waals surface area contributed by atoms with Crippen LogP contribution in [0.25, 0.3) is 0 Å². The van der Waals surface area contributed by atoms with Gasteiger partial charge in [-0.2, -0.15) is 0 Å². The summed E-state index contributed by atoms with van der Waals surface area (Å²) in [5, 5.41) is 6.90. The molecule has 20 heavy (non-hydrogen) atoms. The fourth-order valence-electron chi connectivity index (χ4n) is 2.66. The molecule has 0 atom stereocenters. The Bertz CT molecular complexity index is 485. The fourth-order valence-corrected chi connectivity index (χ4v) is 2.89. The van der Waals surface area contributed by atoms with Gasteiger partial charge in [0.15, 0.2) is 0 Å². The van der Waals surface area contributed by atoms with Crippen molar-refractivity contribution in [1.29, 1.82) is 0 Å². The average molecular weight is 297 g/mol. The van der Waals surface area contributed by atoms with Gasteiger partial charge in [0.25, 0.3) is 0 Å². The van der Waals surface area contributed by atoms with Gasteiger partial charge in [-0.05, 0) is 56.0 Å². The van der Waals surface area contributed by atoms with Crippen molar-refractivity contribution in [3.8, 4) is 5.75 Å². The van der Waals surface area contributed by atoms with Crippen molar-refractivity contribution < 1.29 is 9.53 Å².